The van der Waals surface area contributed by atoms with Gasteiger partial charge in [0.05, 0.1) is 14.2 Å². The lowest BCUT2D eigenvalue weighted by Crippen LogP contribution is -2.27. The van der Waals surface area contributed by atoms with Crippen molar-refractivity contribution in [2.75, 3.05) is 20.8 Å². The molecule has 0 aromatic heterocycles. The number of hydrogen-bond acceptors (Lipinski definition) is 3. The molecule has 1 aromatic rings. The standard InChI is InChI=1S/C16H25NO2/c1-11(2)15-14(18-3)9-8-12(16(15)19-4)13-7-5-6-10-17-13/h8-9,11,13,17H,5-7,10H2,1-4H3. The summed E-state index contributed by atoms with van der Waals surface area (Å²) in [6.07, 6.45) is 3.73. The molecule has 19 heavy (non-hydrogen) atoms. The van der Waals surface area contributed by atoms with Crippen LogP contribution in [0.1, 0.15) is 56.2 Å². The smallest absolute Gasteiger partial charge is 0.130 e. The van der Waals surface area contributed by atoms with Crippen molar-refractivity contribution in [3.63, 3.8) is 0 Å². The lowest BCUT2D eigenvalue weighted by Gasteiger charge is -2.27. The number of rotatable bonds is 4. The molecule has 1 aromatic carbocycles. The average molecular weight is 263 g/mol. The maximum Gasteiger partial charge on any atom is 0.130 e. The van der Waals surface area contributed by atoms with E-state index in [1.54, 1.807) is 14.2 Å². The van der Waals surface area contributed by atoms with Crippen molar-refractivity contribution in [2.45, 2.75) is 45.1 Å². The molecule has 3 nitrogen and oxygen atoms in total. The van der Waals surface area contributed by atoms with E-state index < -0.39 is 0 Å². The zero-order valence-corrected chi connectivity index (χ0v) is 12.5. The number of ether oxygens (including phenoxy) is 2. The van der Waals surface area contributed by atoms with Crippen LogP contribution in [0.4, 0.5) is 0 Å². The van der Waals surface area contributed by atoms with Crippen LogP contribution in [0.15, 0.2) is 12.1 Å². The van der Waals surface area contributed by atoms with Crippen LogP contribution in [-0.2, 0) is 0 Å². The summed E-state index contributed by atoms with van der Waals surface area (Å²) in [6, 6.07) is 4.63. The first-order valence-electron chi connectivity index (χ1n) is 7.17. The van der Waals surface area contributed by atoms with E-state index in [2.05, 4.69) is 31.3 Å². The van der Waals surface area contributed by atoms with Crippen molar-refractivity contribution in [1.82, 2.24) is 5.32 Å². The second-order valence-electron chi connectivity index (χ2n) is 5.46. The first-order valence-corrected chi connectivity index (χ1v) is 7.17. The molecule has 2 rings (SSSR count). The van der Waals surface area contributed by atoms with E-state index in [4.69, 9.17) is 9.47 Å². The lowest BCUT2D eigenvalue weighted by atomic mass is 9.91. The summed E-state index contributed by atoms with van der Waals surface area (Å²) in [7, 11) is 3.48. The number of methoxy groups -OCH3 is 2. The largest absolute Gasteiger partial charge is 0.496 e. The second-order valence-corrected chi connectivity index (χ2v) is 5.46. The predicted octanol–water partition coefficient (Wildman–Crippen LogP) is 3.64. The molecule has 1 atom stereocenters. The Morgan fingerprint density at radius 3 is 2.47 bits per heavy atom. The molecule has 1 heterocycles. The van der Waals surface area contributed by atoms with Crippen molar-refractivity contribution in [2.24, 2.45) is 0 Å². The molecule has 1 aliphatic heterocycles. The van der Waals surface area contributed by atoms with Gasteiger partial charge in [-0.2, -0.15) is 0 Å². The molecule has 0 saturated carbocycles. The van der Waals surface area contributed by atoms with Crippen LogP contribution >= 0.6 is 0 Å². The summed E-state index contributed by atoms with van der Waals surface area (Å²) < 4.78 is 11.2. The topological polar surface area (TPSA) is 30.5 Å². The van der Waals surface area contributed by atoms with E-state index in [-0.39, 0.29) is 0 Å². The van der Waals surface area contributed by atoms with Crippen molar-refractivity contribution in [3.8, 4) is 11.5 Å². The van der Waals surface area contributed by atoms with E-state index in [1.165, 1.54) is 30.4 Å². The van der Waals surface area contributed by atoms with Gasteiger partial charge in [-0.05, 0) is 31.4 Å². The van der Waals surface area contributed by atoms with Gasteiger partial charge in [-0.15, -0.1) is 0 Å². The minimum atomic E-state index is 0.383. The highest BCUT2D eigenvalue weighted by atomic mass is 16.5. The maximum atomic E-state index is 5.71. The van der Waals surface area contributed by atoms with Crippen molar-refractivity contribution in [1.29, 1.82) is 0 Å². The molecule has 0 amide bonds. The molecular formula is C16H25NO2. The summed E-state index contributed by atoms with van der Waals surface area (Å²) in [5.41, 5.74) is 2.45. The van der Waals surface area contributed by atoms with E-state index in [0.29, 0.717) is 12.0 Å². The van der Waals surface area contributed by atoms with Crippen LogP contribution in [0.3, 0.4) is 0 Å². The minimum absolute atomic E-state index is 0.383. The molecular weight excluding hydrogens is 238 g/mol. The Labute approximate surface area is 116 Å². The van der Waals surface area contributed by atoms with Gasteiger partial charge in [0.15, 0.2) is 0 Å². The van der Waals surface area contributed by atoms with Crippen molar-refractivity contribution >= 4 is 0 Å². The van der Waals surface area contributed by atoms with Crippen LogP contribution < -0.4 is 14.8 Å². The van der Waals surface area contributed by atoms with Gasteiger partial charge >= 0.3 is 0 Å². The third-order valence-corrected chi connectivity index (χ3v) is 3.87. The fourth-order valence-electron chi connectivity index (χ4n) is 2.94. The molecule has 1 saturated heterocycles. The van der Waals surface area contributed by atoms with Gasteiger partial charge < -0.3 is 14.8 Å². The monoisotopic (exact) mass is 263 g/mol. The summed E-state index contributed by atoms with van der Waals surface area (Å²) >= 11 is 0. The van der Waals surface area contributed by atoms with Crippen molar-refractivity contribution < 1.29 is 9.47 Å². The molecule has 0 bridgehead atoms. The zero-order valence-electron chi connectivity index (χ0n) is 12.5. The van der Waals surface area contributed by atoms with Gasteiger partial charge in [-0.25, -0.2) is 0 Å². The Bertz CT molecular complexity index is 423. The quantitative estimate of drug-likeness (QED) is 0.899. The van der Waals surface area contributed by atoms with Crippen LogP contribution in [0.25, 0.3) is 0 Å². The van der Waals surface area contributed by atoms with Gasteiger partial charge in [0.2, 0.25) is 0 Å². The van der Waals surface area contributed by atoms with Gasteiger partial charge in [0, 0.05) is 17.2 Å². The third kappa shape index (κ3) is 2.86. The molecule has 1 N–H and O–H groups in total. The SMILES string of the molecule is COc1ccc(C2CCCCN2)c(OC)c1C(C)C. The van der Waals surface area contributed by atoms with E-state index >= 15 is 0 Å². The number of nitrogens with one attached hydrogen (secondary N) is 1. The van der Waals surface area contributed by atoms with Crippen LogP contribution in [0.5, 0.6) is 11.5 Å². The molecule has 1 unspecified atom stereocenters. The predicted molar refractivity (Wildman–Crippen MR) is 78.2 cm³/mol. The normalized spacial score (nSPS) is 19.5. The minimum Gasteiger partial charge on any atom is -0.496 e. The Kier molecular flexibility index (Phi) is 4.70. The van der Waals surface area contributed by atoms with E-state index in [1.807, 2.05) is 0 Å². The summed E-state index contributed by atoms with van der Waals surface area (Å²) in [5, 5.41) is 3.59. The van der Waals surface area contributed by atoms with Gasteiger partial charge in [0.25, 0.3) is 0 Å². The third-order valence-electron chi connectivity index (χ3n) is 3.87. The average Bonchev–Trinajstić information content (AvgIpc) is 2.46. The molecule has 1 aliphatic rings. The Hall–Kier alpha value is -1.22. The Balaban J connectivity index is 2.45. The van der Waals surface area contributed by atoms with Crippen molar-refractivity contribution in [3.05, 3.63) is 23.3 Å². The van der Waals surface area contributed by atoms with Crippen LogP contribution in [-0.4, -0.2) is 20.8 Å². The number of hydrogen-bond donors (Lipinski definition) is 1. The fraction of sp³-hybridized carbons (Fsp3) is 0.625. The van der Waals surface area contributed by atoms with Gasteiger partial charge in [0.1, 0.15) is 11.5 Å². The summed E-state index contributed by atoms with van der Waals surface area (Å²) in [6.45, 7) is 5.45. The van der Waals surface area contributed by atoms with E-state index in [0.717, 1.165) is 18.0 Å². The Morgan fingerprint density at radius 2 is 1.95 bits per heavy atom. The first kappa shape index (κ1) is 14.2. The molecule has 0 radical (unpaired) electrons. The second kappa shape index (κ2) is 6.29. The highest BCUT2D eigenvalue weighted by molar-refractivity contribution is 5.53. The summed E-state index contributed by atoms with van der Waals surface area (Å²) in [5.74, 6) is 2.30. The highest BCUT2D eigenvalue weighted by Crippen LogP contribution is 2.41. The molecule has 3 heteroatoms. The van der Waals surface area contributed by atoms with Crippen LogP contribution in [0, 0.1) is 0 Å². The zero-order chi connectivity index (χ0) is 13.8. The molecule has 0 spiro atoms. The van der Waals surface area contributed by atoms with Gasteiger partial charge in [-0.1, -0.05) is 26.3 Å². The maximum absolute atomic E-state index is 5.71. The molecule has 106 valence electrons. The number of piperidine rings is 1. The van der Waals surface area contributed by atoms with Crippen LogP contribution in [0.2, 0.25) is 0 Å². The first-order chi connectivity index (χ1) is 9.19. The number of benzene rings is 1. The van der Waals surface area contributed by atoms with Gasteiger partial charge in [-0.3, -0.25) is 0 Å². The molecule has 0 aliphatic carbocycles. The lowest BCUT2D eigenvalue weighted by molar-refractivity contribution is 0.358. The fourth-order valence-corrected chi connectivity index (χ4v) is 2.94. The highest BCUT2D eigenvalue weighted by Gasteiger charge is 2.23. The van der Waals surface area contributed by atoms with E-state index in [9.17, 15) is 0 Å². The molecule has 1 fully saturated rings. The summed E-state index contributed by atoms with van der Waals surface area (Å²) in [4.78, 5) is 0. The Morgan fingerprint density at radius 1 is 1.16 bits per heavy atom.